The number of alkyl halides is 1. The van der Waals surface area contributed by atoms with Crippen molar-refractivity contribution < 1.29 is 28.2 Å². The summed E-state index contributed by atoms with van der Waals surface area (Å²) in [5.41, 5.74) is 1.49. The van der Waals surface area contributed by atoms with Gasteiger partial charge in [0.2, 0.25) is 0 Å². The van der Waals surface area contributed by atoms with Crippen LogP contribution in [0.3, 0.4) is 0 Å². The number of carbonyl (C=O) groups is 1. The van der Waals surface area contributed by atoms with Crippen LogP contribution < -0.4 is 10.2 Å². The Bertz CT molecular complexity index is 1490. The normalized spacial score (nSPS) is 19.4. The van der Waals surface area contributed by atoms with Crippen LogP contribution >= 0.6 is 11.6 Å². The molecule has 3 aromatic heterocycles. The summed E-state index contributed by atoms with van der Waals surface area (Å²) in [7, 11) is 0. The minimum absolute atomic E-state index is 0.0454. The van der Waals surface area contributed by atoms with Gasteiger partial charge in [0, 0.05) is 18.3 Å². The van der Waals surface area contributed by atoms with Crippen LogP contribution in [0.5, 0.6) is 5.75 Å². The molecule has 1 saturated heterocycles. The first-order valence-corrected chi connectivity index (χ1v) is 13.5. The molecule has 226 valence electrons. The lowest BCUT2D eigenvalue weighted by atomic mass is 10.0. The number of rotatable bonds is 8. The fourth-order valence-electron chi connectivity index (χ4n) is 4.22. The Balaban J connectivity index is 1.54. The van der Waals surface area contributed by atoms with Gasteiger partial charge in [-0.1, -0.05) is 11.6 Å². The van der Waals surface area contributed by atoms with E-state index in [9.17, 15) is 14.3 Å². The van der Waals surface area contributed by atoms with Crippen LogP contribution in [0.15, 0.2) is 36.0 Å². The molecule has 0 aromatic carbocycles. The van der Waals surface area contributed by atoms with E-state index in [1.165, 1.54) is 29.5 Å². The summed E-state index contributed by atoms with van der Waals surface area (Å²) >= 11 is 6.35. The van der Waals surface area contributed by atoms with Gasteiger partial charge in [0.1, 0.15) is 35.4 Å². The Kier molecular flexibility index (Phi) is 8.97. The molecule has 2 unspecified atom stereocenters. The minimum atomic E-state index is -1.69. The lowest BCUT2D eigenvalue weighted by Gasteiger charge is -2.35. The molecule has 1 aliphatic heterocycles. The number of nitrogens with zero attached hydrogens (tertiary/aromatic N) is 6. The fourth-order valence-corrected chi connectivity index (χ4v) is 4.44. The zero-order valence-corrected chi connectivity index (χ0v) is 24.6. The molecule has 12 nitrogen and oxygen atoms in total. The average molecular weight is 607 g/mol. The predicted octanol–water partition coefficient (Wildman–Crippen LogP) is 3.88. The molecule has 3 aromatic rings. The number of ether oxygens (including phenoxy) is 2. The summed E-state index contributed by atoms with van der Waals surface area (Å²) in [4.78, 5) is 21.3. The number of carbonyl (C=O) groups excluding carboxylic acids is 1. The number of fused-ring (bicyclic) bond motifs is 1. The largest absolute Gasteiger partial charge is 0.488 e. The summed E-state index contributed by atoms with van der Waals surface area (Å²) < 4.78 is 41.0. The van der Waals surface area contributed by atoms with Crippen LogP contribution in [0.2, 0.25) is 5.02 Å². The molecular weight excluding hydrogens is 574 g/mol. The molecule has 4 rings (SSSR count). The number of likely N-dealkylation sites (tertiary alicyclic amines) is 1. The molecule has 1 amide bonds. The second kappa shape index (κ2) is 12.1. The Morgan fingerprint density at radius 2 is 1.98 bits per heavy atom. The molecule has 0 aliphatic carbocycles. The third-order valence-electron chi connectivity index (χ3n) is 6.31. The van der Waals surface area contributed by atoms with Gasteiger partial charge in [-0.2, -0.15) is 10.2 Å². The Hall–Kier alpha value is -3.91. The smallest absolute Gasteiger partial charge is 0.410 e. The Morgan fingerprint density at radius 1 is 1.29 bits per heavy atom. The highest BCUT2D eigenvalue weighted by Crippen LogP contribution is 2.30. The van der Waals surface area contributed by atoms with Gasteiger partial charge < -0.3 is 30.3 Å². The van der Waals surface area contributed by atoms with Crippen molar-refractivity contribution in [2.45, 2.75) is 64.5 Å². The molecular formula is C27H33ClF2N8O4. The molecule has 3 N–H and O–H groups in total. The van der Waals surface area contributed by atoms with E-state index >= 15 is 4.39 Å². The zero-order valence-electron chi connectivity index (χ0n) is 23.9. The quantitative estimate of drug-likeness (QED) is 0.258. The maximum Gasteiger partial charge on any atom is 0.410 e. The predicted molar refractivity (Wildman–Crippen MR) is 151 cm³/mol. The maximum absolute atomic E-state index is 15.1. The van der Waals surface area contributed by atoms with Gasteiger partial charge in [-0.05, 0) is 47.1 Å². The number of hydrazone groups is 1. The molecule has 0 bridgehead atoms. The first-order chi connectivity index (χ1) is 19.6. The van der Waals surface area contributed by atoms with Crippen LogP contribution in [0.1, 0.15) is 52.4 Å². The van der Waals surface area contributed by atoms with E-state index in [0.717, 1.165) is 12.4 Å². The highest BCUT2D eigenvalue weighted by Gasteiger charge is 2.34. The summed E-state index contributed by atoms with van der Waals surface area (Å²) in [6.07, 6.45) is 3.15. The number of nitrogens with one attached hydrogen (secondary N) is 2. The van der Waals surface area contributed by atoms with E-state index in [1.54, 1.807) is 33.0 Å². The third-order valence-corrected chi connectivity index (χ3v) is 6.58. The second-order valence-corrected chi connectivity index (χ2v) is 11.6. The van der Waals surface area contributed by atoms with Crippen molar-refractivity contribution in [3.05, 3.63) is 53.1 Å². The van der Waals surface area contributed by atoms with Gasteiger partial charge in [0.05, 0.1) is 41.9 Å². The van der Waals surface area contributed by atoms with Crippen molar-refractivity contribution >= 4 is 34.6 Å². The van der Waals surface area contributed by atoms with Crippen LogP contribution in [-0.4, -0.2) is 84.6 Å². The Labute approximate surface area is 246 Å². The van der Waals surface area contributed by atoms with Crippen molar-refractivity contribution in [2.75, 3.05) is 19.7 Å². The van der Waals surface area contributed by atoms with E-state index < -0.39 is 35.3 Å². The SMILES string of the molecule is CC(=N)/C(=N\NC1CCN(C(=O)OC(C)(C)C)C[C@@H]1F)c1cc(OCC(C)(O)c2ncc(F)cn2)c2c(Cl)cnn2c1. The first-order valence-electron chi connectivity index (χ1n) is 13.2. The number of aromatic nitrogens is 4. The van der Waals surface area contributed by atoms with Crippen molar-refractivity contribution in [1.82, 2.24) is 29.9 Å². The average Bonchev–Trinajstić information content (AvgIpc) is 3.28. The second-order valence-electron chi connectivity index (χ2n) is 11.2. The number of halogens is 3. The highest BCUT2D eigenvalue weighted by molar-refractivity contribution is 6.46. The monoisotopic (exact) mass is 606 g/mol. The van der Waals surface area contributed by atoms with E-state index in [0.29, 0.717) is 11.1 Å². The van der Waals surface area contributed by atoms with Gasteiger partial charge in [0.25, 0.3) is 0 Å². The van der Waals surface area contributed by atoms with Crippen molar-refractivity contribution in [2.24, 2.45) is 5.10 Å². The third kappa shape index (κ3) is 7.29. The first kappa shape index (κ1) is 31.0. The van der Waals surface area contributed by atoms with Gasteiger partial charge >= 0.3 is 6.09 Å². The van der Waals surface area contributed by atoms with E-state index in [-0.39, 0.29) is 54.1 Å². The molecule has 1 fully saturated rings. The summed E-state index contributed by atoms with van der Waals surface area (Å²) in [5.74, 6) is -0.484. The summed E-state index contributed by atoms with van der Waals surface area (Å²) in [6.45, 7) is 7.96. The lowest BCUT2D eigenvalue weighted by Crippen LogP contribution is -2.52. The molecule has 4 heterocycles. The molecule has 42 heavy (non-hydrogen) atoms. The van der Waals surface area contributed by atoms with E-state index in [1.807, 2.05) is 0 Å². The lowest BCUT2D eigenvalue weighted by molar-refractivity contribution is 0.0000825. The van der Waals surface area contributed by atoms with E-state index in [4.69, 9.17) is 26.5 Å². The molecule has 3 atom stereocenters. The molecule has 0 saturated carbocycles. The summed E-state index contributed by atoms with van der Waals surface area (Å²) in [5, 5.41) is 28.1. The van der Waals surface area contributed by atoms with E-state index in [2.05, 4.69) is 25.6 Å². The number of pyridine rings is 1. The van der Waals surface area contributed by atoms with Crippen molar-refractivity contribution in [3.8, 4) is 5.75 Å². The fraction of sp³-hybridized carbons (Fsp3) is 0.481. The van der Waals surface area contributed by atoms with Crippen LogP contribution in [0, 0.1) is 11.2 Å². The number of amides is 1. The van der Waals surface area contributed by atoms with Gasteiger partial charge in [-0.15, -0.1) is 0 Å². The Morgan fingerprint density at radius 3 is 2.60 bits per heavy atom. The van der Waals surface area contributed by atoms with Crippen LogP contribution in [0.25, 0.3) is 5.52 Å². The highest BCUT2D eigenvalue weighted by atomic mass is 35.5. The summed E-state index contributed by atoms with van der Waals surface area (Å²) in [6, 6.07) is 0.864. The number of piperidine rings is 1. The maximum atomic E-state index is 15.1. The standard InChI is InChI=1S/C27H33ClF2N8O4/c1-15(31)22(36-35-20-6-7-37(13-19(20)30)25(39)42-26(2,3)4)16-8-21(23-18(28)11-34-38(23)12-16)41-14-27(5,40)24-32-9-17(29)10-33-24/h8-12,19-20,31,35,40H,6-7,13-14H2,1-5H3/b31-15?,36-22+/t19-,20?,27?/m0/s1. The number of aliphatic hydroxyl groups is 1. The van der Waals surface area contributed by atoms with Crippen LogP contribution in [-0.2, 0) is 10.3 Å². The van der Waals surface area contributed by atoms with Gasteiger partial charge in [0.15, 0.2) is 17.2 Å². The van der Waals surface area contributed by atoms with Crippen LogP contribution in [0.4, 0.5) is 13.6 Å². The molecule has 1 aliphatic rings. The minimum Gasteiger partial charge on any atom is -0.488 e. The molecule has 0 spiro atoms. The van der Waals surface area contributed by atoms with Crippen molar-refractivity contribution in [3.63, 3.8) is 0 Å². The van der Waals surface area contributed by atoms with Gasteiger partial charge in [-0.3, -0.25) is 0 Å². The number of hydrogen-bond donors (Lipinski definition) is 3. The zero-order chi connectivity index (χ0) is 30.8. The molecule has 15 heteroatoms. The van der Waals surface area contributed by atoms with Gasteiger partial charge in [-0.25, -0.2) is 28.1 Å². The van der Waals surface area contributed by atoms with Crippen molar-refractivity contribution in [1.29, 1.82) is 5.41 Å². The molecule has 0 radical (unpaired) electrons. The topological polar surface area (TPSA) is 150 Å². The number of hydrogen-bond acceptors (Lipinski definition) is 10.